The van der Waals surface area contributed by atoms with Crippen molar-refractivity contribution in [2.24, 2.45) is 5.92 Å². The molecule has 0 radical (unpaired) electrons. The first-order valence-electron chi connectivity index (χ1n) is 8.04. The molecule has 1 amide bonds. The molecule has 1 unspecified atom stereocenters. The molecule has 124 valence electrons. The van der Waals surface area contributed by atoms with E-state index < -0.39 is 0 Å². The fraction of sp³-hybridized carbons (Fsp3) is 0.444. The molecule has 0 aromatic heterocycles. The molecule has 5 heteroatoms. The van der Waals surface area contributed by atoms with E-state index in [0.717, 1.165) is 19.3 Å². The Morgan fingerprint density at radius 1 is 1.39 bits per heavy atom. The fourth-order valence-corrected chi connectivity index (χ4v) is 3.62. The van der Waals surface area contributed by atoms with Gasteiger partial charge in [-0.3, -0.25) is 9.10 Å². The minimum atomic E-state index is 0.129. The molecule has 1 aliphatic rings. The van der Waals surface area contributed by atoms with Gasteiger partial charge in [0.05, 0.1) is 6.61 Å². The number of carbonyl (C=O) groups excluding carboxylic acids is 1. The molecule has 0 heterocycles. The summed E-state index contributed by atoms with van der Waals surface area (Å²) in [5.74, 6) is 0.493. The van der Waals surface area contributed by atoms with Gasteiger partial charge in [0.1, 0.15) is 0 Å². The molecule has 1 aromatic carbocycles. The fourth-order valence-electron chi connectivity index (χ4n) is 2.52. The highest BCUT2D eigenvalue weighted by atomic mass is 32.2. The van der Waals surface area contributed by atoms with Crippen LogP contribution in [0.5, 0.6) is 0 Å². The molecule has 2 rings (SSSR count). The predicted molar refractivity (Wildman–Crippen MR) is 100 cm³/mol. The lowest BCUT2D eigenvalue weighted by Crippen LogP contribution is -2.29. The minimum absolute atomic E-state index is 0.129. The summed E-state index contributed by atoms with van der Waals surface area (Å²) in [5, 5.41) is 0. The molecular weight excluding hydrogens is 326 g/mol. The molecule has 23 heavy (non-hydrogen) atoms. The van der Waals surface area contributed by atoms with Crippen molar-refractivity contribution < 1.29 is 9.53 Å². The first-order valence-corrected chi connectivity index (χ1v) is 9.23. The average Bonchev–Trinajstić information content (AvgIpc) is 3.05. The highest BCUT2D eigenvalue weighted by Gasteiger charge is 2.21. The van der Waals surface area contributed by atoms with E-state index in [-0.39, 0.29) is 5.91 Å². The zero-order valence-electron chi connectivity index (χ0n) is 13.4. The van der Waals surface area contributed by atoms with Crippen LogP contribution in [0.15, 0.2) is 42.5 Å². The van der Waals surface area contributed by atoms with Crippen molar-refractivity contribution >= 4 is 34.5 Å². The Hall–Kier alpha value is -1.33. The van der Waals surface area contributed by atoms with E-state index in [1.54, 1.807) is 4.31 Å². The zero-order chi connectivity index (χ0) is 16.5. The summed E-state index contributed by atoms with van der Waals surface area (Å²) in [6, 6.07) is 10.2. The molecule has 0 saturated heterocycles. The lowest BCUT2D eigenvalue weighted by molar-refractivity contribution is -0.126. The molecule has 0 saturated carbocycles. The average molecular weight is 350 g/mol. The van der Waals surface area contributed by atoms with Crippen molar-refractivity contribution in [1.82, 2.24) is 4.31 Å². The molecule has 1 atom stereocenters. The van der Waals surface area contributed by atoms with Gasteiger partial charge < -0.3 is 4.74 Å². The monoisotopic (exact) mass is 349 g/mol. The smallest absolute Gasteiger partial charge is 0.241 e. The molecule has 0 N–H and O–H groups in total. The lowest BCUT2D eigenvalue weighted by Gasteiger charge is -2.22. The summed E-state index contributed by atoms with van der Waals surface area (Å²) in [4.78, 5) is 12.6. The molecule has 1 aromatic rings. The van der Waals surface area contributed by atoms with Gasteiger partial charge in [-0.2, -0.15) is 0 Å². The van der Waals surface area contributed by atoms with Crippen LogP contribution >= 0.6 is 24.2 Å². The van der Waals surface area contributed by atoms with Gasteiger partial charge in [0.25, 0.3) is 0 Å². The summed E-state index contributed by atoms with van der Waals surface area (Å²) in [7, 11) is 0. The molecule has 1 aliphatic carbocycles. The third kappa shape index (κ3) is 6.36. The summed E-state index contributed by atoms with van der Waals surface area (Å²) < 4.78 is 7.50. The number of allylic oxidation sites excluding steroid dienone is 2. The van der Waals surface area contributed by atoms with E-state index in [1.165, 1.54) is 17.5 Å². The van der Waals surface area contributed by atoms with Crippen LogP contribution in [-0.4, -0.2) is 27.7 Å². The Kier molecular flexibility index (Phi) is 7.62. The Bertz CT molecular complexity index is 545. The van der Waals surface area contributed by atoms with Crippen molar-refractivity contribution in [2.75, 3.05) is 13.2 Å². The predicted octanol–water partition coefficient (Wildman–Crippen LogP) is 4.38. The Morgan fingerprint density at radius 2 is 2.17 bits per heavy atom. The Labute approximate surface area is 148 Å². The van der Waals surface area contributed by atoms with Crippen LogP contribution in [0.3, 0.4) is 0 Å². The van der Waals surface area contributed by atoms with E-state index in [4.69, 9.17) is 17.0 Å². The second kappa shape index (κ2) is 9.73. The van der Waals surface area contributed by atoms with Crippen molar-refractivity contribution in [3.05, 3.63) is 48.0 Å². The number of hydrogen-bond donors (Lipinski definition) is 0. The zero-order valence-corrected chi connectivity index (χ0v) is 15.1. The molecule has 3 nitrogen and oxygen atoms in total. The van der Waals surface area contributed by atoms with Gasteiger partial charge in [-0.25, -0.2) is 0 Å². The second-order valence-electron chi connectivity index (χ2n) is 5.48. The van der Waals surface area contributed by atoms with Gasteiger partial charge in [-0.05, 0) is 49.9 Å². The molecule has 0 fully saturated rings. The van der Waals surface area contributed by atoms with Crippen molar-refractivity contribution in [2.45, 2.75) is 32.6 Å². The Balaban J connectivity index is 1.93. The van der Waals surface area contributed by atoms with E-state index in [1.807, 2.05) is 25.1 Å². The van der Waals surface area contributed by atoms with Crippen LogP contribution in [0.1, 0.15) is 31.7 Å². The highest BCUT2D eigenvalue weighted by molar-refractivity contribution is 8.21. The van der Waals surface area contributed by atoms with Crippen LogP contribution in [0.4, 0.5) is 0 Å². The third-order valence-electron chi connectivity index (χ3n) is 3.72. The number of rotatable bonds is 6. The maximum atomic E-state index is 12.6. The number of thiocarbonyl (C=S) groups is 1. The lowest BCUT2D eigenvalue weighted by atomic mass is 10.0. The standard InChI is InChI=1S/C18H23NO2S2/c1-2-21-18(22)23-19(13-12-15-8-4-3-5-9-15)17(20)14-16-10-6-7-11-16/h3-6,8-10,16H,2,7,11-14H2,1H3. The SMILES string of the molecule is CCOC(=S)SN(CCc1ccccc1)C(=O)CC1C=CCC1. The van der Waals surface area contributed by atoms with Gasteiger partial charge in [0.15, 0.2) is 0 Å². The molecular formula is C18H23NO2S2. The van der Waals surface area contributed by atoms with Crippen LogP contribution < -0.4 is 0 Å². The number of hydrogen-bond acceptors (Lipinski definition) is 4. The summed E-state index contributed by atoms with van der Waals surface area (Å²) in [5.41, 5.74) is 1.22. The van der Waals surface area contributed by atoms with Crippen molar-refractivity contribution in [1.29, 1.82) is 0 Å². The molecule has 0 bridgehead atoms. The van der Waals surface area contributed by atoms with Crippen LogP contribution in [0.25, 0.3) is 0 Å². The second-order valence-corrected chi connectivity index (χ2v) is 7.10. The first kappa shape index (κ1) is 18.0. The summed E-state index contributed by atoms with van der Waals surface area (Å²) in [6.07, 6.45) is 7.82. The van der Waals surface area contributed by atoms with Crippen LogP contribution in [0.2, 0.25) is 0 Å². The van der Waals surface area contributed by atoms with Gasteiger partial charge in [-0.1, -0.05) is 42.5 Å². The quantitative estimate of drug-likeness (QED) is 0.433. The first-order chi connectivity index (χ1) is 11.2. The summed E-state index contributed by atoms with van der Waals surface area (Å²) in [6.45, 7) is 3.06. The van der Waals surface area contributed by atoms with Gasteiger partial charge >= 0.3 is 0 Å². The van der Waals surface area contributed by atoms with Gasteiger partial charge in [0.2, 0.25) is 10.3 Å². The van der Waals surface area contributed by atoms with Gasteiger partial charge in [-0.15, -0.1) is 0 Å². The van der Waals surface area contributed by atoms with Crippen molar-refractivity contribution in [3.8, 4) is 0 Å². The number of benzene rings is 1. The summed E-state index contributed by atoms with van der Waals surface area (Å²) >= 11 is 6.44. The van der Waals surface area contributed by atoms with E-state index in [2.05, 4.69) is 24.3 Å². The van der Waals surface area contributed by atoms with E-state index >= 15 is 0 Å². The van der Waals surface area contributed by atoms with Gasteiger partial charge in [0, 0.05) is 24.9 Å². The van der Waals surface area contributed by atoms with Crippen LogP contribution in [-0.2, 0) is 16.0 Å². The molecule has 0 aliphatic heterocycles. The number of nitrogens with zero attached hydrogens (tertiary/aromatic N) is 1. The van der Waals surface area contributed by atoms with Crippen molar-refractivity contribution in [3.63, 3.8) is 0 Å². The largest absolute Gasteiger partial charge is 0.478 e. The van der Waals surface area contributed by atoms with Crippen LogP contribution in [0, 0.1) is 5.92 Å². The maximum Gasteiger partial charge on any atom is 0.241 e. The maximum absolute atomic E-state index is 12.6. The molecule has 0 spiro atoms. The number of carbonyl (C=O) groups is 1. The highest BCUT2D eigenvalue weighted by Crippen LogP contribution is 2.24. The minimum Gasteiger partial charge on any atom is -0.478 e. The number of amides is 1. The van der Waals surface area contributed by atoms with E-state index in [0.29, 0.717) is 29.9 Å². The topological polar surface area (TPSA) is 29.5 Å². The Morgan fingerprint density at radius 3 is 2.83 bits per heavy atom. The normalized spacial score (nSPS) is 16.3. The third-order valence-corrected chi connectivity index (χ3v) is 4.94. The number of ether oxygens (including phenoxy) is 1. The van der Waals surface area contributed by atoms with E-state index in [9.17, 15) is 4.79 Å².